The molecule has 2 rings (SSSR count). The summed E-state index contributed by atoms with van der Waals surface area (Å²) >= 11 is 0.740. The molecule has 0 aromatic carbocycles. The summed E-state index contributed by atoms with van der Waals surface area (Å²) in [5, 5.41) is 18.6. The number of aliphatic hydroxyl groups excluding tert-OH is 1. The van der Waals surface area contributed by atoms with Crippen LogP contribution in [0.25, 0.3) is 0 Å². The highest BCUT2D eigenvalue weighted by Gasteiger charge is 2.49. The van der Waals surface area contributed by atoms with Crippen LogP contribution in [0, 0.1) is 12.3 Å². The summed E-state index contributed by atoms with van der Waals surface area (Å²) in [5.41, 5.74) is -0.0922. The summed E-state index contributed by atoms with van der Waals surface area (Å²) in [5.74, 6) is -1.13. The lowest BCUT2D eigenvalue weighted by Gasteiger charge is -2.49. The molecule has 2 unspecified atom stereocenters. The fourth-order valence-corrected chi connectivity index (χ4v) is 4.95. The standard InChI is InChI=1S/C12H17NO5S2/c1-6-4-9(19-10(6)11(15)16)20(17,18)13-7-5-8(14)12(7,2)3/h4,7-8,13-14H,5H2,1-3H3,(H,15,16). The van der Waals surface area contributed by atoms with Crippen LogP contribution in [0.4, 0.5) is 0 Å². The molecule has 0 aliphatic heterocycles. The number of nitrogens with one attached hydrogen (secondary N) is 1. The van der Waals surface area contributed by atoms with Gasteiger partial charge in [-0.25, -0.2) is 17.9 Å². The molecule has 1 aromatic heterocycles. The molecule has 20 heavy (non-hydrogen) atoms. The molecule has 1 aliphatic carbocycles. The van der Waals surface area contributed by atoms with Crippen LogP contribution in [-0.2, 0) is 10.0 Å². The number of rotatable bonds is 4. The Kier molecular flexibility index (Phi) is 3.70. The van der Waals surface area contributed by atoms with Crippen molar-refractivity contribution in [3.8, 4) is 0 Å². The quantitative estimate of drug-likeness (QED) is 0.773. The van der Waals surface area contributed by atoms with Crippen molar-refractivity contribution >= 4 is 27.3 Å². The number of aromatic carboxylic acids is 1. The number of carboxylic acids is 1. The fourth-order valence-electron chi connectivity index (χ4n) is 2.15. The predicted molar refractivity (Wildman–Crippen MR) is 74.5 cm³/mol. The van der Waals surface area contributed by atoms with Crippen molar-refractivity contribution in [1.29, 1.82) is 0 Å². The van der Waals surface area contributed by atoms with E-state index in [0.717, 1.165) is 11.3 Å². The van der Waals surface area contributed by atoms with Gasteiger partial charge in [-0.1, -0.05) is 13.8 Å². The number of thiophene rings is 1. The van der Waals surface area contributed by atoms with Gasteiger partial charge in [-0.3, -0.25) is 0 Å². The minimum Gasteiger partial charge on any atom is -0.477 e. The lowest BCUT2D eigenvalue weighted by atomic mass is 9.65. The minimum absolute atomic E-state index is 0.00964. The van der Waals surface area contributed by atoms with E-state index < -0.39 is 27.5 Å². The highest BCUT2D eigenvalue weighted by Crippen LogP contribution is 2.41. The molecule has 3 N–H and O–H groups in total. The third-order valence-corrected chi connectivity index (χ3v) is 7.04. The Labute approximate surface area is 121 Å². The van der Waals surface area contributed by atoms with Gasteiger partial charge in [-0.2, -0.15) is 0 Å². The van der Waals surface area contributed by atoms with Gasteiger partial charge in [0, 0.05) is 11.5 Å². The molecule has 6 nitrogen and oxygen atoms in total. The Morgan fingerprint density at radius 2 is 2.10 bits per heavy atom. The summed E-state index contributed by atoms with van der Waals surface area (Å²) in [6.07, 6.45) is -0.169. The largest absolute Gasteiger partial charge is 0.477 e. The third kappa shape index (κ3) is 2.48. The van der Waals surface area contributed by atoms with Crippen molar-refractivity contribution in [2.75, 3.05) is 0 Å². The summed E-state index contributed by atoms with van der Waals surface area (Å²) in [4.78, 5) is 11.0. The zero-order valence-electron chi connectivity index (χ0n) is 11.4. The van der Waals surface area contributed by atoms with E-state index in [1.165, 1.54) is 6.07 Å². The number of hydrogen-bond donors (Lipinski definition) is 3. The Bertz CT molecular complexity index is 647. The van der Waals surface area contributed by atoms with Crippen molar-refractivity contribution in [2.45, 2.75) is 43.5 Å². The number of hydrogen-bond acceptors (Lipinski definition) is 5. The second kappa shape index (κ2) is 4.80. The Morgan fingerprint density at radius 1 is 1.50 bits per heavy atom. The normalized spacial score (nSPS) is 25.2. The molecule has 0 radical (unpaired) electrons. The maximum Gasteiger partial charge on any atom is 0.346 e. The van der Waals surface area contributed by atoms with Gasteiger partial charge >= 0.3 is 5.97 Å². The summed E-state index contributed by atoms with van der Waals surface area (Å²) in [6, 6.07) is 1.01. The molecule has 2 atom stereocenters. The average molecular weight is 319 g/mol. The first kappa shape index (κ1) is 15.4. The fraction of sp³-hybridized carbons (Fsp3) is 0.583. The van der Waals surface area contributed by atoms with Gasteiger partial charge in [-0.05, 0) is 25.0 Å². The van der Waals surface area contributed by atoms with E-state index in [2.05, 4.69) is 4.72 Å². The number of aliphatic hydroxyl groups is 1. The van der Waals surface area contributed by atoms with E-state index in [-0.39, 0.29) is 15.1 Å². The first-order valence-electron chi connectivity index (χ1n) is 6.10. The number of carboxylic acid groups (broad SMARTS) is 1. The molecule has 1 aromatic rings. The molecule has 112 valence electrons. The lowest BCUT2D eigenvalue weighted by molar-refractivity contribution is -0.0645. The average Bonchev–Trinajstić information content (AvgIpc) is 2.71. The van der Waals surface area contributed by atoms with Crippen molar-refractivity contribution in [3.05, 3.63) is 16.5 Å². The van der Waals surface area contributed by atoms with E-state index in [0.29, 0.717) is 12.0 Å². The zero-order chi connectivity index (χ0) is 15.3. The maximum atomic E-state index is 12.2. The van der Waals surface area contributed by atoms with Crippen LogP contribution in [-0.4, -0.2) is 36.7 Å². The van der Waals surface area contributed by atoms with Gasteiger partial charge in [0.15, 0.2) is 0 Å². The lowest BCUT2D eigenvalue weighted by Crippen LogP contribution is -2.60. The van der Waals surface area contributed by atoms with Gasteiger partial charge < -0.3 is 10.2 Å². The molecule has 1 aliphatic rings. The first-order valence-corrected chi connectivity index (χ1v) is 8.40. The summed E-state index contributed by atoms with van der Waals surface area (Å²) < 4.78 is 27.0. The molecule has 1 heterocycles. The Hall–Kier alpha value is -0.960. The van der Waals surface area contributed by atoms with Gasteiger partial charge in [0.1, 0.15) is 9.09 Å². The smallest absolute Gasteiger partial charge is 0.346 e. The topological polar surface area (TPSA) is 104 Å². The van der Waals surface area contributed by atoms with Crippen LogP contribution >= 0.6 is 11.3 Å². The van der Waals surface area contributed by atoms with Gasteiger partial charge in [0.2, 0.25) is 10.0 Å². The monoisotopic (exact) mass is 319 g/mol. The second-order valence-electron chi connectivity index (χ2n) is 5.63. The number of sulfonamides is 1. The second-order valence-corrected chi connectivity index (χ2v) is 8.62. The van der Waals surface area contributed by atoms with E-state index in [1.807, 2.05) is 0 Å². The van der Waals surface area contributed by atoms with Gasteiger partial charge in [0.05, 0.1) is 6.10 Å². The van der Waals surface area contributed by atoms with Crippen LogP contribution < -0.4 is 4.72 Å². The van der Waals surface area contributed by atoms with Crippen LogP contribution in [0.1, 0.15) is 35.5 Å². The molecule has 1 saturated carbocycles. The first-order chi connectivity index (χ1) is 9.05. The molecule has 0 saturated heterocycles. The molecule has 0 spiro atoms. The Morgan fingerprint density at radius 3 is 2.50 bits per heavy atom. The van der Waals surface area contributed by atoms with E-state index in [9.17, 15) is 18.3 Å². The minimum atomic E-state index is -3.76. The third-order valence-electron chi connectivity index (χ3n) is 3.87. The van der Waals surface area contributed by atoms with Crippen LogP contribution in [0.3, 0.4) is 0 Å². The summed E-state index contributed by atoms with van der Waals surface area (Å²) in [6.45, 7) is 5.14. The molecular weight excluding hydrogens is 302 g/mol. The highest BCUT2D eigenvalue weighted by atomic mass is 32.2. The van der Waals surface area contributed by atoms with Gasteiger partial charge in [0.25, 0.3) is 0 Å². The highest BCUT2D eigenvalue weighted by molar-refractivity contribution is 7.91. The van der Waals surface area contributed by atoms with Crippen LogP contribution in [0.2, 0.25) is 0 Å². The molecule has 0 amide bonds. The van der Waals surface area contributed by atoms with E-state index in [1.54, 1.807) is 20.8 Å². The van der Waals surface area contributed by atoms with E-state index in [4.69, 9.17) is 5.11 Å². The van der Waals surface area contributed by atoms with Crippen molar-refractivity contribution < 1.29 is 23.4 Å². The van der Waals surface area contributed by atoms with Crippen molar-refractivity contribution in [1.82, 2.24) is 4.72 Å². The van der Waals surface area contributed by atoms with E-state index >= 15 is 0 Å². The SMILES string of the molecule is Cc1cc(S(=O)(=O)NC2CC(O)C2(C)C)sc1C(=O)O. The molecule has 0 bridgehead atoms. The van der Waals surface area contributed by atoms with Crippen LogP contribution in [0.5, 0.6) is 0 Å². The van der Waals surface area contributed by atoms with Crippen LogP contribution in [0.15, 0.2) is 10.3 Å². The Balaban J connectivity index is 2.24. The summed E-state index contributed by atoms with van der Waals surface area (Å²) in [7, 11) is -3.76. The predicted octanol–water partition coefficient (Wildman–Crippen LogP) is 1.19. The zero-order valence-corrected chi connectivity index (χ0v) is 13.0. The van der Waals surface area contributed by atoms with Crippen molar-refractivity contribution in [2.24, 2.45) is 5.41 Å². The van der Waals surface area contributed by atoms with Crippen molar-refractivity contribution in [3.63, 3.8) is 0 Å². The number of carbonyl (C=O) groups is 1. The molecular formula is C12H17NO5S2. The van der Waals surface area contributed by atoms with Gasteiger partial charge in [-0.15, -0.1) is 11.3 Å². The molecule has 1 fully saturated rings. The molecule has 8 heteroatoms. The number of aryl methyl sites for hydroxylation is 1. The maximum absolute atomic E-state index is 12.2.